The molecule has 0 fully saturated rings. The molecule has 138 valence electrons. The predicted molar refractivity (Wildman–Crippen MR) is 105 cm³/mol. The van der Waals surface area contributed by atoms with E-state index in [-0.39, 0.29) is 47.0 Å². The molecule has 0 aliphatic heterocycles. The summed E-state index contributed by atoms with van der Waals surface area (Å²) in [5, 5.41) is 1.45. The van der Waals surface area contributed by atoms with Gasteiger partial charge in [-0.3, -0.25) is 4.79 Å². The molecule has 2 heterocycles. The van der Waals surface area contributed by atoms with Gasteiger partial charge in [0.25, 0.3) is 0 Å². The number of benzene rings is 1. The van der Waals surface area contributed by atoms with Gasteiger partial charge < -0.3 is 24.6 Å². The van der Waals surface area contributed by atoms with Crippen molar-refractivity contribution in [3.8, 4) is 0 Å². The van der Waals surface area contributed by atoms with Crippen LogP contribution in [0.4, 0.5) is 11.5 Å². The maximum absolute atomic E-state index is 13.0. The number of aromatic nitrogens is 2. The van der Waals surface area contributed by atoms with Crippen molar-refractivity contribution in [2.45, 2.75) is 6.54 Å². The van der Waals surface area contributed by atoms with Crippen molar-refractivity contribution >= 4 is 51.3 Å². The molecule has 7 nitrogen and oxygen atoms in total. The normalized spacial score (nSPS) is 10.3. The van der Waals surface area contributed by atoms with Crippen LogP contribution in [0.1, 0.15) is 0 Å². The summed E-state index contributed by atoms with van der Waals surface area (Å²) >= 11 is 6.37. The third kappa shape index (κ3) is 3.97. The molecule has 1 N–H and O–H groups in total. The summed E-state index contributed by atoms with van der Waals surface area (Å²) in [5.41, 5.74) is 1.56. The molecule has 0 saturated heterocycles. The molecule has 9 heteroatoms. The van der Waals surface area contributed by atoms with Crippen LogP contribution in [0.3, 0.4) is 0 Å². The van der Waals surface area contributed by atoms with Crippen LogP contribution in [0.2, 0.25) is 5.02 Å². The van der Waals surface area contributed by atoms with Crippen LogP contribution in [0.25, 0.3) is 21.9 Å². The second-order valence-electron chi connectivity index (χ2n) is 6.18. The zero-order valence-corrected chi connectivity index (χ0v) is 18.7. The molecule has 0 atom stereocenters. The average molecular weight is 398 g/mol. The number of hydrogen-bond donors (Lipinski definition) is 0. The Labute approximate surface area is 184 Å². The Morgan fingerprint density at radius 2 is 1.70 bits per heavy atom. The summed E-state index contributed by atoms with van der Waals surface area (Å²) in [6, 6.07) is 6.91. The van der Waals surface area contributed by atoms with Crippen LogP contribution < -0.4 is 44.8 Å². The van der Waals surface area contributed by atoms with E-state index in [0.29, 0.717) is 38.5 Å². The topological polar surface area (TPSA) is 88.4 Å². The first kappa shape index (κ1) is 23.4. The zero-order chi connectivity index (χ0) is 18.3. The second kappa shape index (κ2) is 9.03. The Morgan fingerprint density at radius 1 is 1.07 bits per heavy atom. The van der Waals surface area contributed by atoms with E-state index in [9.17, 15) is 9.59 Å². The fourth-order valence-electron chi connectivity index (χ4n) is 2.98. The van der Waals surface area contributed by atoms with E-state index in [1.165, 1.54) is 0 Å². The standard InChI is InChI=1S/C18H18ClN4O2.Na.H2O/c1-21(2)14-8-6-12-17(25)11-5-7-13(19)16(22(3)4)15(11)23(9-10-24)18(12)20-14;;/h5-8H,9H2,1-4H3;;1H2/q-1;+1;/p-1. The monoisotopic (exact) mass is 397 g/mol. The van der Waals surface area contributed by atoms with Gasteiger partial charge in [0.05, 0.1) is 21.6 Å². The van der Waals surface area contributed by atoms with Crippen LogP contribution in [-0.2, 0) is 11.3 Å². The molecule has 1 aromatic carbocycles. The largest absolute Gasteiger partial charge is 1.00 e. The van der Waals surface area contributed by atoms with E-state index in [4.69, 9.17) is 11.6 Å². The molecule has 0 spiro atoms. The van der Waals surface area contributed by atoms with Gasteiger partial charge in [0, 0.05) is 33.6 Å². The van der Waals surface area contributed by atoms with Crippen LogP contribution in [0.15, 0.2) is 29.1 Å². The minimum Gasteiger partial charge on any atom is -0.870 e. The summed E-state index contributed by atoms with van der Waals surface area (Å²) in [5.74, 6) is 0.694. The summed E-state index contributed by atoms with van der Waals surface area (Å²) in [7, 11) is 7.42. The van der Waals surface area contributed by atoms with Gasteiger partial charge in [-0.1, -0.05) is 18.1 Å². The van der Waals surface area contributed by atoms with Crippen molar-refractivity contribution in [3.63, 3.8) is 0 Å². The third-order valence-corrected chi connectivity index (χ3v) is 4.41. The number of anilines is 2. The molecule has 0 unspecified atom stereocenters. The third-order valence-electron chi connectivity index (χ3n) is 4.11. The Hall–Kier alpha value is -1.64. The van der Waals surface area contributed by atoms with Crippen LogP contribution in [-0.4, -0.2) is 49.5 Å². The van der Waals surface area contributed by atoms with Gasteiger partial charge in [0.1, 0.15) is 11.5 Å². The Balaban J connectivity index is 0.00000182. The number of pyridine rings is 2. The van der Waals surface area contributed by atoms with Crippen molar-refractivity contribution < 1.29 is 39.8 Å². The van der Waals surface area contributed by atoms with Gasteiger partial charge in [-0.15, -0.1) is 0 Å². The van der Waals surface area contributed by atoms with E-state index in [2.05, 4.69) is 4.98 Å². The number of halogens is 1. The SMILES string of the molecule is CN(C)c1ccc2c(=O)c3ccc(Cl)c(N(C)C)c3n(C[C-]=O)c2n1.[Na+].[OH-]. The minimum absolute atomic E-state index is 0. The maximum atomic E-state index is 13.0. The van der Waals surface area contributed by atoms with E-state index < -0.39 is 0 Å². The van der Waals surface area contributed by atoms with E-state index in [1.807, 2.05) is 44.3 Å². The molecule has 3 aromatic rings. The van der Waals surface area contributed by atoms with Crippen LogP contribution >= 0.6 is 11.6 Å². The fourth-order valence-corrected chi connectivity index (χ4v) is 3.30. The summed E-state index contributed by atoms with van der Waals surface area (Å²) in [6.07, 6.45) is 1.92. The summed E-state index contributed by atoms with van der Waals surface area (Å²) in [6.45, 7) is -0.0433. The molecular formula is C18H19ClN4NaO3-. The molecule has 0 radical (unpaired) electrons. The summed E-state index contributed by atoms with van der Waals surface area (Å²) in [4.78, 5) is 32.5. The van der Waals surface area contributed by atoms with Crippen molar-refractivity contribution in [3.05, 3.63) is 39.5 Å². The van der Waals surface area contributed by atoms with Gasteiger partial charge in [0.2, 0.25) is 0 Å². The van der Waals surface area contributed by atoms with Gasteiger partial charge in [0.15, 0.2) is 5.43 Å². The van der Waals surface area contributed by atoms with Crippen molar-refractivity contribution in [1.82, 2.24) is 9.55 Å². The molecular weight excluding hydrogens is 379 g/mol. The fraction of sp³-hybridized carbons (Fsp3) is 0.278. The molecule has 0 saturated carbocycles. The molecule has 0 aliphatic rings. The van der Waals surface area contributed by atoms with Gasteiger partial charge in [-0.05, 0) is 24.3 Å². The van der Waals surface area contributed by atoms with E-state index >= 15 is 0 Å². The molecule has 0 bridgehead atoms. The zero-order valence-electron chi connectivity index (χ0n) is 15.9. The first-order valence-corrected chi connectivity index (χ1v) is 8.10. The van der Waals surface area contributed by atoms with Gasteiger partial charge in [-0.2, -0.15) is 0 Å². The van der Waals surface area contributed by atoms with E-state index in [0.717, 1.165) is 0 Å². The molecule has 0 aliphatic carbocycles. The summed E-state index contributed by atoms with van der Waals surface area (Å²) < 4.78 is 1.70. The first-order chi connectivity index (χ1) is 11.9. The Bertz CT molecular complexity index is 1050. The minimum atomic E-state index is -0.135. The molecule has 3 rings (SSSR count). The van der Waals surface area contributed by atoms with Crippen LogP contribution in [0.5, 0.6) is 0 Å². The molecule has 0 amide bonds. The number of fused-ring (bicyclic) bond motifs is 2. The Kier molecular flexibility index (Phi) is 7.83. The van der Waals surface area contributed by atoms with E-state index in [1.54, 1.807) is 28.8 Å². The second-order valence-corrected chi connectivity index (χ2v) is 6.59. The maximum Gasteiger partial charge on any atom is 1.00 e. The smallest absolute Gasteiger partial charge is 0.870 e. The quantitative estimate of drug-likeness (QED) is 0.328. The number of nitrogens with zero attached hydrogens (tertiary/aromatic N) is 4. The van der Waals surface area contributed by atoms with Crippen molar-refractivity contribution in [2.24, 2.45) is 0 Å². The van der Waals surface area contributed by atoms with Crippen molar-refractivity contribution in [2.75, 3.05) is 38.0 Å². The number of rotatable bonds is 4. The van der Waals surface area contributed by atoms with Gasteiger partial charge >= 0.3 is 29.6 Å². The Morgan fingerprint density at radius 3 is 2.26 bits per heavy atom. The van der Waals surface area contributed by atoms with Crippen LogP contribution in [0, 0.1) is 0 Å². The number of carbonyl (C=O) groups excluding carboxylic acids is 1. The van der Waals surface area contributed by atoms with Crippen molar-refractivity contribution in [1.29, 1.82) is 0 Å². The predicted octanol–water partition coefficient (Wildman–Crippen LogP) is -0.728. The first-order valence-electron chi connectivity index (χ1n) is 7.72. The molecule has 27 heavy (non-hydrogen) atoms. The average Bonchev–Trinajstić information content (AvgIpc) is 2.57. The molecule has 2 aromatic heterocycles. The van der Waals surface area contributed by atoms with Gasteiger partial charge in [-0.25, -0.2) is 11.3 Å². The number of hydrogen-bond acceptors (Lipinski definition) is 6.